The minimum absolute atomic E-state index is 0.368. The van der Waals surface area contributed by atoms with E-state index in [-0.39, 0.29) is 0 Å². The van der Waals surface area contributed by atoms with E-state index in [4.69, 9.17) is 0 Å². The van der Waals surface area contributed by atoms with Gasteiger partial charge in [-0.15, -0.1) is 11.3 Å². The SMILES string of the molecule is N#Cc1ccc(-c2c(-n3c4c(c5ccccc53)CCC=C4)c(C#N)c(-n3c4ccccc4c4ccc5c6ccccc6sc5c43)c(C#N)c2-n2c3ccccc3c3ccccc32)cc1. The number of rotatable bonds is 4. The molecule has 0 fully saturated rings. The van der Waals surface area contributed by atoms with Crippen LogP contribution in [0.2, 0.25) is 0 Å². The smallest absolute Gasteiger partial charge is 0.104 e. The van der Waals surface area contributed by atoms with E-state index in [0.29, 0.717) is 33.8 Å². The summed E-state index contributed by atoms with van der Waals surface area (Å²) in [5.41, 5.74) is 11.6. The van der Waals surface area contributed by atoms with Crippen LogP contribution in [0, 0.1) is 34.0 Å². The third kappa shape index (κ3) is 4.81. The molecule has 0 saturated carbocycles. The maximum absolute atomic E-state index is 12.1. The molecule has 1 aliphatic rings. The summed E-state index contributed by atoms with van der Waals surface area (Å²) >= 11 is 1.74. The van der Waals surface area contributed by atoms with E-state index in [9.17, 15) is 15.8 Å². The molecule has 0 bridgehead atoms. The summed E-state index contributed by atoms with van der Waals surface area (Å²) in [6.45, 7) is 0. The zero-order chi connectivity index (χ0) is 42.6. The highest BCUT2D eigenvalue weighted by molar-refractivity contribution is 7.26. The van der Waals surface area contributed by atoms with Crippen LogP contribution < -0.4 is 0 Å². The largest absolute Gasteiger partial charge is 0.307 e. The summed E-state index contributed by atoms with van der Waals surface area (Å²) in [7, 11) is 0. The third-order valence-corrected chi connectivity index (χ3v) is 14.4. The first-order chi connectivity index (χ1) is 31.7. The van der Waals surface area contributed by atoms with Crippen molar-refractivity contribution in [3.05, 3.63) is 192 Å². The lowest BCUT2D eigenvalue weighted by Crippen LogP contribution is -2.15. The van der Waals surface area contributed by atoms with Crippen LogP contribution in [0.4, 0.5) is 0 Å². The van der Waals surface area contributed by atoms with E-state index < -0.39 is 0 Å². The average molecular weight is 833 g/mol. The second-order valence-corrected chi connectivity index (χ2v) is 17.5. The Morgan fingerprint density at radius 3 is 1.62 bits per heavy atom. The molecular formula is C57H32N6S. The molecule has 8 aromatic carbocycles. The van der Waals surface area contributed by atoms with Crippen LogP contribution in [0.15, 0.2) is 164 Å². The first-order valence-electron chi connectivity index (χ1n) is 21.3. The van der Waals surface area contributed by atoms with Gasteiger partial charge in [0.05, 0.1) is 61.0 Å². The standard InChI is InChI=1S/C57H32N6S/c58-31-34-25-27-35(28-26-34)52-54(61-46-19-7-1-13-36(46)37-14-2-8-20-47(37)61)44(32-59)53(45(33-60)55(52)62-48-21-9-3-15-38(48)39-16-4-10-22-49(39)62)63-50-23-11-5-17-40(50)42-29-30-43-41-18-6-12-24-51(41)64-57(43)56(42)63/h1-3,5-15,17-30H,4,16H2. The Labute approximate surface area is 370 Å². The minimum atomic E-state index is 0.368. The number of aryl methyl sites for hydroxylation is 1. The Morgan fingerprint density at radius 2 is 0.984 bits per heavy atom. The molecule has 12 aromatic rings. The van der Waals surface area contributed by atoms with Gasteiger partial charge in [-0.05, 0) is 72.5 Å². The fourth-order valence-electron chi connectivity index (χ4n) is 10.6. The number of hydrogen-bond donors (Lipinski definition) is 0. The lowest BCUT2D eigenvalue weighted by Gasteiger charge is -2.26. The van der Waals surface area contributed by atoms with Crippen molar-refractivity contribution >= 4 is 92.1 Å². The number of hydrogen-bond acceptors (Lipinski definition) is 4. The van der Waals surface area contributed by atoms with E-state index in [1.807, 2.05) is 42.5 Å². The Bertz CT molecular complexity index is 4110. The molecule has 0 spiro atoms. The summed E-state index contributed by atoms with van der Waals surface area (Å²) in [5.74, 6) is 0. The van der Waals surface area contributed by atoms with Crippen LogP contribution in [0.5, 0.6) is 0 Å². The van der Waals surface area contributed by atoms with Gasteiger partial charge >= 0.3 is 0 Å². The maximum atomic E-state index is 12.1. The normalized spacial score (nSPS) is 12.5. The molecule has 1 aliphatic carbocycles. The zero-order valence-electron chi connectivity index (χ0n) is 34.2. The molecule has 7 heteroatoms. The minimum Gasteiger partial charge on any atom is -0.307 e. The Kier molecular flexibility index (Phi) is 7.69. The van der Waals surface area contributed by atoms with E-state index in [2.05, 4.69) is 159 Å². The fraction of sp³-hybridized carbons (Fsp3) is 0.0351. The van der Waals surface area contributed by atoms with Gasteiger partial charge in [0.25, 0.3) is 0 Å². The molecule has 4 aromatic heterocycles. The highest BCUT2D eigenvalue weighted by atomic mass is 32.1. The molecule has 296 valence electrons. The highest BCUT2D eigenvalue weighted by Gasteiger charge is 2.34. The van der Waals surface area contributed by atoms with Crippen molar-refractivity contribution in [3.8, 4) is 46.4 Å². The number of benzene rings is 8. The van der Waals surface area contributed by atoms with Crippen LogP contribution in [0.3, 0.4) is 0 Å². The predicted octanol–water partition coefficient (Wildman–Crippen LogP) is 14.4. The molecule has 13 rings (SSSR count). The van der Waals surface area contributed by atoms with Gasteiger partial charge < -0.3 is 13.7 Å². The number of para-hydroxylation sites is 4. The van der Waals surface area contributed by atoms with Crippen molar-refractivity contribution in [2.45, 2.75) is 12.8 Å². The van der Waals surface area contributed by atoms with Crippen molar-refractivity contribution in [2.75, 3.05) is 0 Å². The van der Waals surface area contributed by atoms with Gasteiger partial charge in [-0.1, -0.05) is 121 Å². The quantitative estimate of drug-likeness (QED) is 0.177. The van der Waals surface area contributed by atoms with Crippen molar-refractivity contribution in [1.29, 1.82) is 15.8 Å². The average Bonchev–Trinajstić information content (AvgIpc) is 4.10. The van der Waals surface area contributed by atoms with E-state index in [1.165, 1.54) is 15.6 Å². The number of thiophene rings is 1. The van der Waals surface area contributed by atoms with Crippen LogP contribution in [-0.4, -0.2) is 13.7 Å². The van der Waals surface area contributed by atoms with Gasteiger partial charge in [0.1, 0.15) is 23.3 Å². The van der Waals surface area contributed by atoms with Gasteiger partial charge in [-0.2, -0.15) is 15.8 Å². The summed E-state index contributed by atoms with van der Waals surface area (Å²) in [6, 6.07) is 61.9. The second-order valence-electron chi connectivity index (χ2n) is 16.4. The summed E-state index contributed by atoms with van der Waals surface area (Å²) in [4.78, 5) is 0. The van der Waals surface area contributed by atoms with Crippen molar-refractivity contribution in [1.82, 2.24) is 13.7 Å². The van der Waals surface area contributed by atoms with E-state index in [0.717, 1.165) is 94.3 Å². The predicted molar refractivity (Wildman–Crippen MR) is 262 cm³/mol. The first kappa shape index (κ1) is 36.0. The van der Waals surface area contributed by atoms with Crippen molar-refractivity contribution in [3.63, 3.8) is 0 Å². The molecule has 4 heterocycles. The van der Waals surface area contributed by atoms with Crippen LogP contribution in [-0.2, 0) is 6.42 Å². The topological polar surface area (TPSA) is 86.2 Å². The van der Waals surface area contributed by atoms with Gasteiger partial charge in [-0.3, -0.25) is 0 Å². The molecule has 6 nitrogen and oxygen atoms in total. The van der Waals surface area contributed by atoms with Crippen LogP contribution in [0.25, 0.3) is 109 Å². The molecule has 0 unspecified atom stereocenters. The number of allylic oxidation sites excluding steroid dienone is 1. The molecule has 0 amide bonds. The molecular weight excluding hydrogens is 801 g/mol. The number of nitriles is 3. The lowest BCUT2D eigenvalue weighted by molar-refractivity contribution is 0.964. The molecule has 0 aliphatic heterocycles. The fourth-order valence-corrected chi connectivity index (χ4v) is 11.9. The first-order valence-corrected chi connectivity index (χ1v) is 22.2. The molecule has 0 N–H and O–H groups in total. The molecule has 0 atom stereocenters. The van der Waals surface area contributed by atoms with Gasteiger partial charge in [0.15, 0.2) is 0 Å². The zero-order valence-corrected chi connectivity index (χ0v) is 35.0. The number of nitrogens with zero attached hydrogens (tertiary/aromatic N) is 6. The van der Waals surface area contributed by atoms with E-state index >= 15 is 0 Å². The summed E-state index contributed by atoms with van der Waals surface area (Å²) in [5, 5.41) is 41.9. The molecule has 64 heavy (non-hydrogen) atoms. The van der Waals surface area contributed by atoms with Gasteiger partial charge in [0, 0.05) is 53.7 Å². The number of fused-ring (bicyclic) bond motifs is 13. The van der Waals surface area contributed by atoms with Crippen molar-refractivity contribution in [2.24, 2.45) is 0 Å². The molecule has 0 radical (unpaired) electrons. The van der Waals surface area contributed by atoms with Crippen LogP contribution in [0.1, 0.15) is 34.4 Å². The second kappa shape index (κ2) is 13.7. The monoisotopic (exact) mass is 832 g/mol. The van der Waals surface area contributed by atoms with Gasteiger partial charge in [-0.25, -0.2) is 0 Å². The summed E-state index contributed by atoms with van der Waals surface area (Å²) < 4.78 is 8.99. The summed E-state index contributed by atoms with van der Waals surface area (Å²) in [6.07, 6.45) is 6.18. The number of aromatic nitrogens is 3. The lowest BCUT2D eigenvalue weighted by atomic mass is 9.91. The highest BCUT2D eigenvalue weighted by Crippen LogP contribution is 2.50. The Hall–Kier alpha value is -8.67. The third-order valence-electron chi connectivity index (χ3n) is 13.2. The van der Waals surface area contributed by atoms with Gasteiger partial charge in [0.2, 0.25) is 0 Å². The Balaban J connectivity index is 1.35. The molecule has 0 saturated heterocycles. The Morgan fingerprint density at radius 1 is 0.453 bits per heavy atom. The van der Waals surface area contributed by atoms with Crippen LogP contribution >= 0.6 is 11.3 Å². The van der Waals surface area contributed by atoms with Crippen molar-refractivity contribution < 1.29 is 0 Å². The van der Waals surface area contributed by atoms with E-state index in [1.54, 1.807) is 11.3 Å². The maximum Gasteiger partial charge on any atom is 0.104 e.